The third-order valence-electron chi connectivity index (χ3n) is 4.53. The summed E-state index contributed by atoms with van der Waals surface area (Å²) in [5, 5.41) is 1.59. The Bertz CT molecular complexity index is 658. The second-order valence-electron chi connectivity index (χ2n) is 5.91. The average Bonchev–Trinajstić information content (AvgIpc) is 2.64. The van der Waals surface area contributed by atoms with Gasteiger partial charge >= 0.3 is 147 Å². The van der Waals surface area contributed by atoms with Gasteiger partial charge in [-0.1, -0.05) is 0 Å². The number of hydrogen-bond acceptors (Lipinski definition) is 0. The summed E-state index contributed by atoms with van der Waals surface area (Å²) in [4.78, 5) is 0. The second-order valence-corrected chi connectivity index (χ2v) is 15.0. The maximum Gasteiger partial charge on any atom is -0.153 e. The summed E-state index contributed by atoms with van der Waals surface area (Å²) in [7, 11) is 0. The Hall–Kier alpha value is -1.000. The van der Waals surface area contributed by atoms with Gasteiger partial charge < -0.3 is 0 Å². The third kappa shape index (κ3) is 3.11. The van der Waals surface area contributed by atoms with E-state index in [1.807, 2.05) is 0 Å². The van der Waals surface area contributed by atoms with Crippen molar-refractivity contribution in [2.45, 2.75) is 13.3 Å². The van der Waals surface area contributed by atoms with Crippen molar-refractivity contribution in [2.24, 2.45) is 0 Å². The van der Waals surface area contributed by atoms with E-state index in [4.69, 9.17) is 0 Å². The molecule has 0 bridgehead atoms. The van der Waals surface area contributed by atoms with Gasteiger partial charge in [-0.15, -0.1) is 0 Å². The van der Waals surface area contributed by atoms with Crippen molar-refractivity contribution < 1.29 is 0 Å². The smallest absolute Gasteiger partial charge is 0.153 e. The Morgan fingerprint density at radius 2 is 0.917 bits per heavy atom. The van der Waals surface area contributed by atoms with Gasteiger partial charge in [0.1, 0.15) is 0 Å². The molecular weight excluding hydrogens is 394 g/mol. The molecule has 1 atom stereocenters. The summed E-state index contributed by atoms with van der Waals surface area (Å²) >= 11 is 4.41. The summed E-state index contributed by atoms with van der Waals surface area (Å²) in [6.45, 7) is 2.28. The predicted octanol–water partition coefficient (Wildman–Crippen LogP) is 5.29. The van der Waals surface area contributed by atoms with Crippen LogP contribution < -0.4 is 15.9 Å². The van der Waals surface area contributed by atoms with E-state index in [0.29, 0.717) is 0 Å². The first-order chi connectivity index (χ1) is 11.2. The van der Waals surface area contributed by atoms with Crippen LogP contribution in [0.4, 0.5) is 0 Å². The Morgan fingerprint density at radius 3 is 1.17 bits per heavy atom. The van der Waals surface area contributed by atoms with Crippen molar-refractivity contribution in [1.29, 1.82) is 0 Å². The Labute approximate surface area is 157 Å². The van der Waals surface area contributed by atoms with Crippen LogP contribution in [-0.2, 0) is 0 Å². The minimum Gasteiger partial charge on any atom is -0.153 e. The Morgan fingerprint density at radius 1 is 0.625 bits per heavy atom. The Balaban J connectivity index is 0.00000208. The molecule has 24 heavy (non-hydrogen) atoms. The van der Waals surface area contributed by atoms with Crippen molar-refractivity contribution in [3.8, 4) is 0 Å². The molecule has 0 radical (unpaired) electrons. The maximum absolute atomic E-state index is 4.41. The molecule has 0 saturated carbocycles. The molecule has 3 heteroatoms. The van der Waals surface area contributed by atoms with Crippen molar-refractivity contribution in [3.63, 3.8) is 0 Å². The number of benzene rings is 3. The first-order valence-corrected chi connectivity index (χ1v) is 12.5. The average molecular weight is 419 g/mol. The molecule has 3 rings (SSSR count). The molecule has 3 aromatic carbocycles. The van der Waals surface area contributed by atoms with Crippen molar-refractivity contribution in [1.82, 2.24) is 0 Å². The van der Waals surface area contributed by atoms with E-state index >= 15 is 0 Å². The molecule has 0 aliphatic heterocycles. The monoisotopic (exact) mass is 418 g/mol. The molecule has 0 aromatic heterocycles. The van der Waals surface area contributed by atoms with Crippen LogP contribution >= 0.6 is 30.7 Å². The number of rotatable bonds is 5. The van der Waals surface area contributed by atoms with Gasteiger partial charge in [0.15, 0.2) is 0 Å². The first kappa shape index (κ1) is 19.3. The molecule has 0 aliphatic rings. The number of halogens is 1. The fraction of sp³-hybridized carbons (Fsp3) is 0.143. The standard InChI is InChI=1S/C21H22BrP.H3P/c1-2-18-23(22,19-12-6-3-7-13-19,20-14-8-4-9-15-20)21-16-10-5-11-17-21;/h3-17H,2,18H2,1H3;1H3. The summed E-state index contributed by atoms with van der Waals surface area (Å²) in [5.74, 6) is 0. The van der Waals surface area contributed by atoms with Crippen LogP contribution in [0, 0.1) is 0 Å². The van der Waals surface area contributed by atoms with E-state index in [2.05, 4.69) is 113 Å². The van der Waals surface area contributed by atoms with E-state index in [9.17, 15) is 0 Å². The molecule has 0 saturated heterocycles. The van der Waals surface area contributed by atoms with Crippen LogP contribution in [0.3, 0.4) is 0 Å². The van der Waals surface area contributed by atoms with Crippen LogP contribution in [0.5, 0.6) is 0 Å². The van der Waals surface area contributed by atoms with Crippen LogP contribution in [0.25, 0.3) is 0 Å². The van der Waals surface area contributed by atoms with E-state index in [0.717, 1.165) is 12.6 Å². The SMILES string of the molecule is CCCP(Br)(c1ccccc1)(c1ccccc1)c1ccccc1.P. The molecule has 0 N–H and O–H groups in total. The molecule has 0 fully saturated rings. The molecule has 0 aliphatic carbocycles. The van der Waals surface area contributed by atoms with Gasteiger partial charge in [-0.2, -0.15) is 9.90 Å². The van der Waals surface area contributed by atoms with Crippen LogP contribution in [0.2, 0.25) is 0 Å². The topological polar surface area (TPSA) is 0 Å². The molecule has 0 spiro atoms. The van der Waals surface area contributed by atoms with Crippen LogP contribution in [0.1, 0.15) is 13.3 Å². The summed E-state index contributed by atoms with van der Waals surface area (Å²) in [6, 6.07) is 32.9. The summed E-state index contributed by atoms with van der Waals surface area (Å²) < 4.78 is 0. The van der Waals surface area contributed by atoms with Crippen molar-refractivity contribution >= 4 is 46.6 Å². The molecule has 126 valence electrons. The summed E-state index contributed by atoms with van der Waals surface area (Å²) in [6.07, 6.45) is 2.24. The normalized spacial score (nSPS) is 12.7. The van der Waals surface area contributed by atoms with E-state index in [1.165, 1.54) is 15.9 Å². The second kappa shape index (κ2) is 7.92. The van der Waals surface area contributed by atoms with Gasteiger partial charge in [0.2, 0.25) is 0 Å². The van der Waals surface area contributed by atoms with E-state index < -0.39 is 5.31 Å². The fourth-order valence-electron chi connectivity index (χ4n) is 3.47. The minimum atomic E-state index is -2.62. The van der Waals surface area contributed by atoms with Crippen LogP contribution in [0.15, 0.2) is 91.0 Å². The molecule has 0 nitrogen and oxygen atoms in total. The zero-order valence-corrected chi connectivity index (χ0v) is 18.0. The van der Waals surface area contributed by atoms with E-state index in [-0.39, 0.29) is 9.90 Å². The van der Waals surface area contributed by atoms with Crippen molar-refractivity contribution in [3.05, 3.63) is 91.0 Å². The van der Waals surface area contributed by atoms with Gasteiger partial charge in [-0.3, -0.25) is 0 Å². The van der Waals surface area contributed by atoms with Crippen LogP contribution in [-0.4, -0.2) is 6.16 Å². The zero-order valence-electron chi connectivity index (χ0n) is 14.1. The molecule has 0 heterocycles. The first-order valence-electron chi connectivity index (χ1n) is 8.10. The maximum atomic E-state index is 4.41. The molecular formula is C21H25BrP2. The van der Waals surface area contributed by atoms with Gasteiger partial charge in [0.05, 0.1) is 0 Å². The predicted molar refractivity (Wildman–Crippen MR) is 120 cm³/mol. The zero-order chi connectivity index (χ0) is 16.2. The molecule has 3 aromatic rings. The fourth-order valence-corrected chi connectivity index (χ4v) is 11.6. The largest absolute Gasteiger partial charge is 0.153 e. The third-order valence-corrected chi connectivity index (χ3v) is 14.7. The van der Waals surface area contributed by atoms with Crippen molar-refractivity contribution in [2.75, 3.05) is 6.16 Å². The number of hydrogen-bond donors (Lipinski definition) is 0. The minimum absolute atomic E-state index is 0. The van der Waals surface area contributed by atoms with Gasteiger partial charge in [-0.05, 0) is 0 Å². The molecule has 1 unspecified atom stereocenters. The quantitative estimate of drug-likeness (QED) is 0.493. The van der Waals surface area contributed by atoms with Gasteiger partial charge in [0, 0.05) is 0 Å². The van der Waals surface area contributed by atoms with Gasteiger partial charge in [-0.25, -0.2) is 0 Å². The molecule has 0 amide bonds. The van der Waals surface area contributed by atoms with Gasteiger partial charge in [0.25, 0.3) is 0 Å². The van der Waals surface area contributed by atoms with E-state index in [1.54, 1.807) is 0 Å². The summed E-state index contributed by atoms with van der Waals surface area (Å²) in [5.41, 5.74) is 0. The Kier molecular flexibility index (Phi) is 6.38.